The number of benzene rings is 1. The quantitative estimate of drug-likeness (QED) is 0.429. The minimum absolute atomic E-state index is 0.0625. The summed E-state index contributed by atoms with van der Waals surface area (Å²) in [5.74, 6) is -0.153. The summed E-state index contributed by atoms with van der Waals surface area (Å²) in [5, 5.41) is 15.9. The van der Waals surface area contributed by atoms with Gasteiger partial charge in [-0.25, -0.2) is 0 Å². The Kier molecular flexibility index (Phi) is 3.78. The van der Waals surface area contributed by atoms with Crippen molar-refractivity contribution in [3.63, 3.8) is 0 Å². The number of nitrogens with one attached hydrogen (secondary N) is 2. The van der Waals surface area contributed by atoms with Gasteiger partial charge in [0.05, 0.1) is 11.4 Å². The first-order chi connectivity index (χ1) is 11.4. The maximum absolute atomic E-state index is 12.4. The van der Waals surface area contributed by atoms with Gasteiger partial charge in [-0.05, 0) is 18.6 Å². The number of carbonyl (C=O) groups is 1. The molecule has 0 saturated carbocycles. The highest BCUT2D eigenvalue weighted by molar-refractivity contribution is 9.11. The molecule has 24 heavy (non-hydrogen) atoms. The summed E-state index contributed by atoms with van der Waals surface area (Å²) in [6.45, 7) is 0. The maximum atomic E-state index is 12.4. The van der Waals surface area contributed by atoms with E-state index >= 15 is 0 Å². The van der Waals surface area contributed by atoms with Gasteiger partial charge in [-0.1, -0.05) is 45.3 Å². The maximum Gasteiger partial charge on any atom is 0.256 e. The molecule has 0 aromatic heterocycles. The van der Waals surface area contributed by atoms with Gasteiger partial charge in [-0.3, -0.25) is 4.79 Å². The van der Waals surface area contributed by atoms with Crippen LogP contribution in [0.2, 0.25) is 0 Å². The Hall–Kier alpha value is -1.64. The zero-order valence-electron chi connectivity index (χ0n) is 12.5. The van der Waals surface area contributed by atoms with E-state index in [0.717, 1.165) is 21.8 Å². The second-order valence-electron chi connectivity index (χ2n) is 5.83. The topological polar surface area (TPSA) is 87.4 Å². The fourth-order valence-electron chi connectivity index (χ4n) is 3.11. The number of carbonyl (C=O) groups excluding carboxylic acids is 1. The summed E-state index contributed by atoms with van der Waals surface area (Å²) in [4.78, 5) is 13.4. The van der Waals surface area contributed by atoms with Gasteiger partial charge >= 0.3 is 0 Å². The van der Waals surface area contributed by atoms with Gasteiger partial charge in [0.25, 0.3) is 5.91 Å². The zero-order chi connectivity index (χ0) is 17.0. The Labute approximate surface area is 153 Å². The predicted molar refractivity (Wildman–Crippen MR) is 101 cm³/mol. The van der Waals surface area contributed by atoms with E-state index in [1.54, 1.807) is 6.08 Å². The number of hydrogen-bond donors (Lipinski definition) is 4. The third-order valence-electron chi connectivity index (χ3n) is 4.18. The lowest BCUT2D eigenvalue weighted by Crippen LogP contribution is -2.20. The molecular formula is C16H13BBrN3O2S. The largest absolute Gasteiger partial charge is 0.508 e. The second-order valence-corrected chi connectivity index (χ2v) is 7.93. The van der Waals surface area contributed by atoms with Crippen LogP contribution >= 0.6 is 27.7 Å². The molecule has 3 aliphatic rings. The Balaban J connectivity index is 1.77. The molecule has 2 atom stereocenters. The first-order valence-electron chi connectivity index (χ1n) is 7.38. The van der Waals surface area contributed by atoms with E-state index in [1.807, 2.05) is 18.2 Å². The first kappa shape index (κ1) is 15.9. The van der Waals surface area contributed by atoms with Crippen molar-refractivity contribution in [2.75, 3.05) is 10.6 Å². The van der Waals surface area contributed by atoms with Crippen LogP contribution in [-0.4, -0.2) is 24.4 Å². The molecule has 0 fully saturated rings. The first-order valence-corrected chi connectivity index (χ1v) is 9.06. The van der Waals surface area contributed by atoms with Gasteiger partial charge in [0.2, 0.25) is 0 Å². The highest BCUT2D eigenvalue weighted by Crippen LogP contribution is 2.48. The van der Waals surface area contributed by atoms with Crippen molar-refractivity contribution in [3.05, 3.63) is 45.6 Å². The molecule has 0 spiro atoms. The molecule has 120 valence electrons. The summed E-state index contributed by atoms with van der Waals surface area (Å²) < 4.78 is 0.638. The second kappa shape index (κ2) is 5.72. The number of thioether (sulfide) groups is 1. The summed E-state index contributed by atoms with van der Waals surface area (Å²) in [6, 6.07) is 3.80. The number of fused-ring (bicyclic) bond motifs is 3. The molecule has 2 unspecified atom stereocenters. The van der Waals surface area contributed by atoms with Crippen LogP contribution in [0.25, 0.3) is 5.57 Å². The number of halogens is 1. The van der Waals surface area contributed by atoms with Crippen molar-refractivity contribution in [1.82, 2.24) is 0 Å². The molecule has 1 aromatic rings. The van der Waals surface area contributed by atoms with Crippen molar-refractivity contribution in [3.8, 4) is 0 Å². The van der Waals surface area contributed by atoms with E-state index < -0.39 is 0 Å². The number of allylic oxidation sites excluding steroid dienone is 4. The molecular weight excluding hydrogens is 389 g/mol. The van der Waals surface area contributed by atoms with Gasteiger partial charge in [-0.15, -0.1) is 0 Å². The van der Waals surface area contributed by atoms with E-state index in [2.05, 4.69) is 26.6 Å². The molecule has 1 amide bonds. The van der Waals surface area contributed by atoms with Crippen molar-refractivity contribution < 1.29 is 9.90 Å². The smallest absolute Gasteiger partial charge is 0.256 e. The number of rotatable bonds is 1. The average Bonchev–Trinajstić information content (AvgIpc) is 3.04. The van der Waals surface area contributed by atoms with Crippen molar-refractivity contribution in [1.29, 1.82) is 0 Å². The van der Waals surface area contributed by atoms with Gasteiger partial charge in [0, 0.05) is 26.4 Å². The molecule has 1 aromatic carbocycles. The molecule has 2 radical (unpaired) electrons. The lowest BCUT2D eigenvalue weighted by atomic mass is 9.83. The number of aliphatic hydroxyl groups excluding tert-OH is 1. The number of nitrogens with two attached hydrogens (primary N) is 1. The van der Waals surface area contributed by atoms with E-state index in [-0.39, 0.29) is 23.1 Å². The van der Waals surface area contributed by atoms with Gasteiger partial charge in [0.15, 0.2) is 0 Å². The van der Waals surface area contributed by atoms with Crippen molar-refractivity contribution >= 4 is 58.4 Å². The Morgan fingerprint density at radius 2 is 2.17 bits per heavy atom. The predicted octanol–water partition coefficient (Wildman–Crippen LogP) is 3.02. The van der Waals surface area contributed by atoms with Crippen LogP contribution in [-0.2, 0) is 4.79 Å². The number of aliphatic hydroxyl groups is 1. The highest BCUT2D eigenvalue weighted by Gasteiger charge is 2.33. The van der Waals surface area contributed by atoms with Crippen LogP contribution in [0.5, 0.6) is 0 Å². The summed E-state index contributed by atoms with van der Waals surface area (Å²) in [6.07, 6.45) is 4.21. The van der Waals surface area contributed by atoms with Gasteiger partial charge in [0.1, 0.15) is 19.1 Å². The van der Waals surface area contributed by atoms with Crippen LogP contribution in [0.4, 0.5) is 11.4 Å². The molecule has 1 aliphatic carbocycles. The number of anilines is 2. The molecule has 8 heteroatoms. The van der Waals surface area contributed by atoms with E-state index in [1.165, 1.54) is 11.8 Å². The Bertz CT molecular complexity index is 865. The van der Waals surface area contributed by atoms with Crippen LogP contribution in [0.1, 0.15) is 12.0 Å². The molecule has 0 bridgehead atoms. The molecule has 2 aliphatic heterocycles. The normalized spacial score (nSPS) is 26.8. The molecule has 2 heterocycles. The minimum Gasteiger partial charge on any atom is -0.508 e. The summed E-state index contributed by atoms with van der Waals surface area (Å²) in [7, 11) is 5.83. The van der Waals surface area contributed by atoms with Crippen molar-refractivity contribution in [2.24, 2.45) is 11.7 Å². The average molecular weight is 402 g/mol. The lowest BCUT2D eigenvalue weighted by Gasteiger charge is -2.18. The molecule has 5 N–H and O–H groups in total. The van der Waals surface area contributed by atoms with E-state index in [9.17, 15) is 9.90 Å². The summed E-state index contributed by atoms with van der Waals surface area (Å²) in [5.41, 5.74) is 9.26. The van der Waals surface area contributed by atoms with E-state index in [0.29, 0.717) is 21.9 Å². The van der Waals surface area contributed by atoms with Crippen LogP contribution < -0.4 is 16.4 Å². The van der Waals surface area contributed by atoms with Gasteiger partial charge < -0.3 is 21.5 Å². The molecule has 5 nitrogen and oxygen atoms in total. The monoisotopic (exact) mass is 401 g/mol. The van der Waals surface area contributed by atoms with Gasteiger partial charge in [-0.2, -0.15) is 0 Å². The third kappa shape index (κ3) is 2.49. The highest BCUT2D eigenvalue weighted by atomic mass is 79.9. The third-order valence-corrected chi connectivity index (χ3v) is 5.91. The summed E-state index contributed by atoms with van der Waals surface area (Å²) >= 11 is 4.84. The van der Waals surface area contributed by atoms with Crippen molar-refractivity contribution in [2.45, 2.75) is 16.8 Å². The molecule has 0 saturated heterocycles. The van der Waals surface area contributed by atoms with Crippen LogP contribution in [0, 0.1) is 5.92 Å². The fraction of sp³-hybridized carbons (Fsp3) is 0.188. The van der Waals surface area contributed by atoms with Crippen LogP contribution in [0.15, 0.2) is 44.9 Å². The molecule has 4 rings (SSSR count). The number of hydrogen-bond acceptors (Lipinski definition) is 5. The fourth-order valence-corrected chi connectivity index (χ4v) is 4.75. The Morgan fingerprint density at radius 1 is 1.42 bits per heavy atom. The van der Waals surface area contributed by atoms with E-state index in [4.69, 9.17) is 13.6 Å². The lowest BCUT2D eigenvalue weighted by molar-refractivity contribution is -0.110. The standard InChI is InChI=1S/C16H13BBrN3O2S/c17-8-4-6(5-9(18)13(8)22)3-7-12-10(20-15(7)23)1-2-11-14(12)24-16(19)21-11/h1-4,6,16,21-22H,5,19H2,(H,20,23)/b7-3-. The number of amides is 1. The minimum atomic E-state index is -0.220. The Morgan fingerprint density at radius 3 is 2.92 bits per heavy atom. The SMILES string of the molecule is [B]C1=CC(/C=C2\C(=O)Nc3ccc4c(c32)SC(N)N4)CC(Br)=C1O. The zero-order valence-corrected chi connectivity index (χ0v) is 14.9. The van der Waals surface area contributed by atoms with Crippen LogP contribution in [0.3, 0.4) is 0 Å².